The molecule has 2 aromatic carbocycles. The van der Waals surface area contributed by atoms with E-state index < -0.39 is 10.0 Å². The predicted molar refractivity (Wildman–Crippen MR) is 114 cm³/mol. The molecule has 1 saturated heterocycles. The summed E-state index contributed by atoms with van der Waals surface area (Å²) < 4.78 is 28.6. The van der Waals surface area contributed by atoms with Crippen LogP contribution in [0.25, 0.3) is 0 Å². The summed E-state index contributed by atoms with van der Waals surface area (Å²) in [6.07, 6.45) is 1.33. The van der Waals surface area contributed by atoms with Crippen LogP contribution in [0.4, 0.5) is 5.69 Å². The number of likely N-dealkylation sites (tertiary alicyclic amines) is 1. The summed E-state index contributed by atoms with van der Waals surface area (Å²) in [5.74, 6) is 0.764. The molecular formula is C22H25N3O3S. The van der Waals surface area contributed by atoms with Gasteiger partial charge in [0.1, 0.15) is 4.90 Å². The number of carbonyl (C=O) groups is 1. The minimum atomic E-state index is -3.62. The highest BCUT2D eigenvalue weighted by atomic mass is 32.2. The van der Waals surface area contributed by atoms with Crippen molar-refractivity contribution >= 4 is 27.5 Å². The van der Waals surface area contributed by atoms with Gasteiger partial charge in [0.05, 0.1) is 0 Å². The molecule has 0 aliphatic carbocycles. The van der Waals surface area contributed by atoms with Crippen LogP contribution in [0.1, 0.15) is 43.7 Å². The zero-order valence-corrected chi connectivity index (χ0v) is 17.4. The van der Waals surface area contributed by atoms with Crippen molar-refractivity contribution in [3.8, 4) is 0 Å². The van der Waals surface area contributed by atoms with Crippen LogP contribution >= 0.6 is 0 Å². The third-order valence-electron chi connectivity index (χ3n) is 5.62. The minimum Gasteiger partial charge on any atom is -0.355 e. The van der Waals surface area contributed by atoms with Gasteiger partial charge in [-0.05, 0) is 42.5 Å². The number of benzene rings is 2. The van der Waals surface area contributed by atoms with Crippen LogP contribution in [0.15, 0.2) is 57.8 Å². The standard InChI is InChI=1S/C22H25N3O3S/c1-15(2)17-7-3-5-9-19(17)23-22(26)16-11-13-25(14-12-16)21-18-8-4-6-10-20(18)29(27,28)24-21/h3-10,15-16H,11-14H2,1-2H3,(H,23,26). The molecule has 1 N–H and O–H groups in total. The van der Waals surface area contributed by atoms with Gasteiger partial charge >= 0.3 is 0 Å². The molecule has 0 aromatic heterocycles. The summed E-state index contributed by atoms with van der Waals surface area (Å²) in [5, 5.41) is 3.09. The Bertz CT molecular complexity index is 1070. The van der Waals surface area contributed by atoms with Crippen LogP contribution in [-0.2, 0) is 14.8 Å². The van der Waals surface area contributed by atoms with E-state index in [0.29, 0.717) is 43.2 Å². The highest BCUT2D eigenvalue weighted by Crippen LogP contribution is 2.30. The molecule has 152 valence electrons. The second kappa shape index (κ2) is 7.63. The molecule has 2 heterocycles. The van der Waals surface area contributed by atoms with Crippen LogP contribution in [0.5, 0.6) is 0 Å². The number of para-hydroxylation sites is 1. The molecule has 0 spiro atoms. The van der Waals surface area contributed by atoms with Crippen molar-refractivity contribution < 1.29 is 13.2 Å². The van der Waals surface area contributed by atoms with Crippen LogP contribution in [0.2, 0.25) is 0 Å². The van der Waals surface area contributed by atoms with Crippen molar-refractivity contribution in [2.45, 2.75) is 37.5 Å². The lowest BCUT2D eigenvalue weighted by atomic mass is 9.94. The second-order valence-corrected chi connectivity index (χ2v) is 9.45. The van der Waals surface area contributed by atoms with Crippen LogP contribution < -0.4 is 5.32 Å². The van der Waals surface area contributed by atoms with E-state index in [0.717, 1.165) is 11.3 Å². The fraction of sp³-hybridized carbons (Fsp3) is 0.364. The number of nitrogens with zero attached hydrogens (tertiary/aromatic N) is 2. The summed E-state index contributed by atoms with van der Waals surface area (Å²) in [4.78, 5) is 15.1. The van der Waals surface area contributed by atoms with Gasteiger partial charge in [0.25, 0.3) is 10.0 Å². The van der Waals surface area contributed by atoms with Crippen LogP contribution in [0, 0.1) is 5.92 Å². The van der Waals surface area contributed by atoms with Gasteiger partial charge in [0.2, 0.25) is 5.91 Å². The molecule has 2 aromatic rings. The van der Waals surface area contributed by atoms with Gasteiger partial charge in [-0.2, -0.15) is 8.42 Å². The molecule has 7 heteroatoms. The maximum Gasteiger partial charge on any atom is 0.285 e. The SMILES string of the molecule is CC(C)c1ccccc1NC(=O)C1CCN(C2=NS(=O)(=O)c3ccccc32)CC1. The van der Waals surface area contributed by atoms with Crippen molar-refractivity contribution in [1.29, 1.82) is 0 Å². The fourth-order valence-electron chi connectivity index (χ4n) is 4.02. The summed E-state index contributed by atoms with van der Waals surface area (Å²) in [6, 6.07) is 14.8. The Balaban J connectivity index is 1.44. The Kier molecular flexibility index (Phi) is 5.17. The summed E-state index contributed by atoms with van der Waals surface area (Å²) >= 11 is 0. The zero-order valence-electron chi connectivity index (χ0n) is 16.6. The van der Waals surface area contributed by atoms with Crippen molar-refractivity contribution in [1.82, 2.24) is 4.90 Å². The van der Waals surface area contributed by atoms with Gasteiger partial charge in [-0.15, -0.1) is 4.40 Å². The molecule has 2 aliphatic rings. The molecule has 0 atom stereocenters. The number of sulfonamides is 1. The average molecular weight is 412 g/mol. The zero-order chi connectivity index (χ0) is 20.6. The Morgan fingerprint density at radius 1 is 1.07 bits per heavy atom. The van der Waals surface area contributed by atoms with Crippen LogP contribution in [-0.4, -0.2) is 38.2 Å². The summed E-state index contributed by atoms with van der Waals surface area (Å²) in [6.45, 7) is 5.43. The Morgan fingerprint density at radius 3 is 2.45 bits per heavy atom. The van der Waals surface area contributed by atoms with E-state index in [1.54, 1.807) is 18.2 Å². The van der Waals surface area contributed by atoms with Gasteiger partial charge in [0, 0.05) is 30.3 Å². The van der Waals surface area contributed by atoms with E-state index in [9.17, 15) is 13.2 Å². The highest BCUT2D eigenvalue weighted by molar-refractivity contribution is 7.90. The third-order valence-corrected chi connectivity index (χ3v) is 6.94. The number of hydrogen-bond donors (Lipinski definition) is 1. The largest absolute Gasteiger partial charge is 0.355 e. The van der Waals surface area contributed by atoms with Gasteiger partial charge in [-0.25, -0.2) is 0 Å². The first-order valence-electron chi connectivity index (χ1n) is 9.96. The number of amides is 1. The lowest BCUT2D eigenvalue weighted by Gasteiger charge is -2.32. The molecule has 1 fully saturated rings. The minimum absolute atomic E-state index is 0.0270. The van der Waals surface area contributed by atoms with E-state index in [-0.39, 0.29) is 16.7 Å². The van der Waals surface area contributed by atoms with E-state index in [1.807, 2.05) is 35.2 Å². The van der Waals surface area contributed by atoms with E-state index >= 15 is 0 Å². The first kappa shape index (κ1) is 19.6. The maximum atomic E-state index is 12.8. The smallest absolute Gasteiger partial charge is 0.285 e. The maximum absolute atomic E-state index is 12.8. The van der Waals surface area contributed by atoms with Crippen molar-refractivity contribution in [2.24, 2.45) is 10.3 Å². The molecule has 0 saturated carbocycles. The molecule has 1 amide bonds. The van der Waals surface area contributed by atoms with Gasteiger partial charge in [0.15, 0.2) is 5.84 Å². The molecule has 0 bridgehead atoms. The van der Waals surface area contributed by atoms with Crippen molar-refractivity contribution in [3.05, 3.63) is 59.7 Å². The monoisotopic (exact) mass is 411 g/mol. The molecule has 0 radical (unpaired) electrons. The van der Waals surface area contributed by atoms with Gasteiger partial charge < -0.3 is 10.2 Å². The number of nitrogens with one attached hydrogen (secondary N) is 1. The normalized spacial score (nSPS) is 18.4. The van der Waals surface area contributed by atoms with E-state index in [1.165, 1.54) is 0 Å². The summed E-state index contributed by atoms with van der Waals surface area (Å²) in [5.41, 5.74) is 2.65. The number of carbonyl (C=O) groups excluding carboxylic acids is 1. The quantitative estimate of drug-likeness (QED) is 0.837. The topological polar surface area (TPSA) is 78.8 Å². The molecule has 6 nitrogen and oxygen atoms in total. The number of amidine groups is 1. The van der Waals surface area contributed by atoms with E-state index in [4.69, 9.17) is 0 Å². The first-order chi connectivity index (χ1) is 13.9. The van der Waals surface area contributed by atoms with Crippen molar-refractivity contribution in [3.63, 3.8) is 0 Å². The molecule has 2 aliphatic heterocycles. The Morgan fingerprint density at radius 2 is 1.72 bits per heavy atom. The van der Waals surface area contributed by atoms with Gasteiger partial charge in [-0.1, -0.05) is 44.2 Å². The number of hydrogen-bond acceptors (Lipinski definition) is 4. The number of anilines is 1. The Labute approximate surface area is 171 Å². The summed E-state index contributed by atoms with van der Waals surface area (Å²) in [7, 11) is -3.62. The van der Waals surface area contributed by atoms with Crippen LogP contribution in [0.3, 0.4) is 0 Å². The lowest BCUT2D eigenvalue weighted by Crippen LogP contribution is -2.41. The lowest BCUT2D eigenvalue weighted by molar-refractivity contribution is -0.121. The number of piperidine rings is 1. The molecule has 0 unspecified atom stereocenters. The molecule has 29 heavy (non-hydrogen) atoms. The first-order valence-corrected chi connectivity index (χ1v) is 11.4. The van der Waals surface area contributed by atoms with Gasteiger partial charge in [-0.3, -0.25) is 4.79 Å². The second-order valence-electron chi connectivity index (χ2n) is 7.88. The predicted octanol–water partition coefficient (Wildman–Crippen LogP) is 3.61. The Hall–Kier alpha value is -2.67. The number of fused-ring (bicyclic) bond motifs is 1. The fourth-order valence-corrected chi connectivity index (χ4v) is 5.25. The number of rotatable bonds is 3. The average Bonchev–Trinajstić information content (AvgIpc) is 3.00. The van der Waals surface area contributed by atoms with E-state index in [2.05, 4.69) is 23.6 Å². The molecular weight excluding hydrogens is 386 g/mol. The highest BCUT2D eigenvalue weighted by Gasteiger charge is 2.34. The van der Waals surface area contributed by atoms with Crippen molar-refractivity contribution in [2.75, 3.05) is 18.4 Å². The molecule has 4 rings (SSSR count). The third kappa shape index (κ3) is 3.79.